The number of carbonyl (C=O) groups excluding carboxylic acids is 1. The Kier molecular flexibility index (Phi) is 4.85. The molecule has 0 saturated heterocycles. The van der Waals surface area contributed by atoms with Crippen molar-refractivity contribution < 1.29 is 9.53 Å². The molecule has 0 spiro atoms. The third-order valence-electron chi connectivity index (χ3n) is 3.80. The number of carbonyl (C=O) groups is 1. The molecule has 0 aliphatic heterocycles. The molecule has 3 aromatic rings. The number of imidazole rings is 1. The van der Waals surface area contributed by atoms with E-state index in [1.807, 2.05) is 60.1 Å². The van der Waals surface area contributed by atoms with E-state index in [1.54, 1.807) is 6.92 Å². The average molecular weight is 388 g/mol. The Morgan fingerprint density at radius 1 is 1.25 bits per heavy atom. The predicted octanol–water partition coefficient (Wildman–Crippen LogP) is 3.42. The summed E-state index contributed by atoms with van der Waals surface area (Å²) in [5.41, 5.74) is 1.96. The molecule has 2 aromatic carbocycles. The molecule has 0 fully saturated rings. The van der Waals surface area contributed by atoms with Gasteiger partial charge in [-0.2, -0.15) is 0 Å². The minimum Gasteiger partial charge on any atom is -0.481 e. The van der Waals surface area contributed by atoms with Crippen LogP contribution in [-0.4, -0.2) is 21.6 Å². The van der Waals surface area contributed by atoms with Crippen LogP contribution in [0.15, 0.2) is 53.0 Å². The molecule has 6 heteroatoms. The maximum absolute atomic E-state index is 12.2. The summed E-state index contributed by atoms with van der Waals surface area (Å²) in [4.78, 5) is 16.8. The van der Waals surface area contributed by atoms with E-state index in [2.05, 4.69) is 26.2 Å². The first-order valence-electron chi connectivity index (χ1n) is 7.65. The summed E-state index contributed by atoms with van der Waals surface area (Å²) in [6.07, 6.45) is -0.583. The zero-order valence-corrected chi connectivity index (χ0v) is 15.1. The van der Waals surface area contributed by atoms with Gasteiger partial charge in [-0.3, -0.25) is 4.79 Å². The monoisotopic (exact) mass is 387 g/mol. The van der Waals surface area contributed by atoms with Crippen LogP contribution in [0.2, 0.25) is 0 Å². The first-order valence-corrected chi connectivity index (χ1v) is 8.44. The van der Waals surface area contributed by atoms with Crippen LogP contribution in [0.3, 0.4) is 0 Å². The summed E-state index contributed by atoms with van der Waals surface area (Å²) in [7, 11) is 1.94. The predicted molar refractivity (Wildman–Crippen MR) is 96.8 cm³/mol. The van der Waals surface area contributed by atoms with Gasteiger partial charge in [0.05, 0.1) is 17.6 Å². The Labute approximate surface area is 148 Å². The summed E-state index contributed by atoms with van der Waals surface area (Å²) in [5, 5.41) is 2.88. The lowest BCUT2D eigenvalue weighted by molar-refractivity contribution is -0.127. The summed E-state index contributed by atoms with van der Waals surface area (Å²) in [6, 6.07) is 15.3. The molecule has 3 rings (SSSR count). The number of benzene rings is 2. The van der Waals surface area contributed by atoms with Gasteiger partial charge in [0.1, 0.15) is 11.6 Å². The number of aryl methyl sites for hydroxylation is 1. The Morgan fingerprint density at radius 3 is 2.67 bits per heavy atom. The number of rotatable bonds is 5. The van der Waals surface area contributed by atoms with Gasteiger partial charge in [-0.05, 0) is 43.3 Å². The first kappa shape index (κ1) is 16.5. The SMILES string of the molecule is CC(Oc1ccc(Br)cc1)C(=O)NCc1nc2ccccc2n1C. The lowest BCUT2D eigenvalue weighted by atomic mass is 10.3. The van der Waals surface area contributed by atoms with Crippen molar-refractivity contribution >= 4 is 32.9 Å². The highest BCUT2D eigenvalue weighted by Crippen LogP contribution is 2.17. The van der Waals surface area contributed by atoms with Crippen molar-refractivity contribution in [2.24, 2.45) is 7.05 Å². The van der Waals surface area contributed by atoms with E-state index in [0.29, 0.717) is 12.3 Å². The third-order valence-corrected chi connectivity index (χ3v) is 4.32. The largest absolute Gasteiger partial charge is 0.481 e. The lowest BCUT2D eigenvalue weighted by Gasteiger charge is -2.14. The first-order chi connectivity index (χ1) is 11.5. The van der Waals surface area contributed by atoms with Crippen molar-refractivity contribution in [3.63, 3.8) is 0 Å². The van der Waals surface area contributed by atoms with Crippen molar-refractivity contribution in [2.75, 3.05) is 0 Å². The number of aromatic nitrogens is 2. The summed E-state index contributed by atoms with van der Waals surface area (Å²) in [5.74, 6) is 1.29. The third kappa shape index (κ3) is 3.59. The van der Waals surface area contributed by atoms with E-state index >= 15 is 0 Å². The van der Waals surface area contributed by atoms with Crippen LogP contribution in [-0.2, 0) is 18.4 Å². The standard InChI is InChI=1S/C18H18BrN3O2/c1-12(24-14-9-7-13(19)8-10-14)18(23)20-11-17-21-15-5-3-4-6-16(15)22(17)2/h3-10,12H,11H2,1-2H3,(H,20,23). The van der Waals surface area contributed by atoms with Crippen molar-refractivity contribution in [3.8, 4) is 5.75 Å². The molecule has 1 heterocycles. The van der Waals surface area contributed by atoms with Crippen LogP contribution < -0.4 is 10.1 Å². The maximum atomic E-state index is 12.2. The van der Waals surface area contributed by atoms with Gasteiger partial charge in [0.2, 0.25) is 0 Å². The van der Waals surface area contributed by atoms with Crippen molar-refractivity contribution in [2.45, 2.75) is 19.6 Å². The van der Waals surface area contributed by atoms with E-state index < -0.39 is 6.10 Å². The number of para-hydroxylation sites is 2. The van der Waals surface area contributed by atoms with E-state index in [9.17, 15) is 4.79 Å². The van der Waals surface area contributed by atoms with Crippen LogP contribution in [0.4, 0.5) is 0 Å². The molecule has 1 atom stereocenters. The highest BCUT2D eigenvalue weighted by molar-refractivity contribution is 9.10. The summed E-state index contributed by atoms with van der Waals surface area (Å²) >= 11 is 3.37. The fourth-order valence-electron chi connectivity index (χ4n) is 2.43. The number of hydrogen-bond acceptors (Lipinski definition) is 3. The van der Waals surface area contributed by atoms with Crippen LogP contribution in [0.1, 0.15) is 12.7 Å². The van der Waals surface area contributed by atoms with E-state index in [-0.39, 0.29) is 5.91 Å². The molecule has 0 radical (unpaired) electrons. The molecular formula is C18H18BrN3O2. The highest BCUT2D eigenvalue weighted by atomic mass is 79.9. The number of fused-ring (bicyclic) bond motifs is 1. The Morgan fingerprint density at radius 2 is 1.96 bits per heavy atom. The molecule has 1 N–H and O–H groups in total. The summed E-state index contributed by atoms with van der Waals surface area (Å²) < 4.78 is 8.60. The Hall–Kier alpha value is -2.34. The normalized spacial score (nSPS) is 12.1. The molecule has 1 aromatic heterocycles. The van der Waals surface area contributed by atoms with Crippen molar-refractivity contribution in [1.82, 2.24) is 14.9 Å². The molecular weight excluding hydrogens is 370 g/mol. The van der Waals surface area contributed by atoms with Gasteiger partial charge in [0.15, 0.2) is 6.10 Å². The lowest BCUT2D eigenvalue weighted by Crippen LogP contribution is -2.36. The molecule has 124 valence electrons. The molecule has 24 heavy (non-hydrogen) atoms. The molecule has 0 aliphatic rings. The molecule has 0 saturated carbocycles. The Bertz CT molecular complexity index is 858. The molecule has 5 nitrogen and oxygen atoms in total. The number of amides is 1. The van der Waals surface area contributed by atoms with Gasteiger partial charge < -0.3 is 14.6 Å². The topological polar surface area (TPSA) is 56.1 Å². The smallest absolute Gasteiger partial charge is 0.261 e. The van der Waals surface area contributed by atoms with Gasteiger partial charge in [-0.25, -0.2) is 4.98 Å². The maximum Gasteiger partial charge on any atom is 0.261 e. The van der Waals surface area contributed by atoms with E-state index in [1.165, 1.54) is 0 Å². The number of ether oxygens (including phenoxy) is 1. The highest BCUT2D eigenvalue weighted by Gasteiger charge is 2.16. The number of halogens is 1. The van der Waals surface area contributed by atoms with Crippen LogP contribution >= 0.6 is 15.9 Å². The van der Waals surface area contributed by atoms with E-state index in [4.69, 9.17) is 4.74 Å². The van der Waals surface area contributed by atoms with E-state index in [0.717, 1.165) is 21.3 Å². The second-order valence-electron chi connectivity index (χ2n) is 5.51. The number of nitrogens with one attached hydrogen (secondary N) is 1. The fraction of sp³-hybridized carbons (Fsp3) is 0.222. The fourth-order valence-corrected chi connectivity index (χ4v) is 2.70. The number of hydrogen-bond donors (Lipinski definition) is 1. The zero-order valence-electron chi connectivity index (χ0n) is 13.5. The van der Waals surface area contributed by atoms with Crippen LogP contribution in [0, 0.1) is 0 Å². The molecule has 1 amide bonds. The average Bonchev–Trinajstić information content (AvgIpc) is 2.91. The molecule has 0 bridgehead atoms. The van der Waals surface area contributed by atoms with Gasteiger partial charge in [-0.15, -0.1) is 0 Å². The molecule has 0 aliphatic carbocycles. The second kappa shape index (κ2) is 7.05. The van der Waals surface area contributed by atoms with Gasteiger partial charge in [0, 0.05) is 11.5 Å². The van der Waals surface area contributed by atoms with Crippen molar-refractivity contribution in [3.05, 3.63) is 58.8 Å². The number of nitrogens with zero attached hydrogens (tertiary/aromatic N) is 2. The minimum absolute atomic E-state index is 0.176. The second-order valence-corrected chi connectivity index (χ2v) is 6.42. The van der Waals surface area contributed by atoms with Gasteiger partial charge in [-0.1, -0.05) is 28.1 Å². The molecule has 1 unspecified atom stereocenters. The minimum atomic E-state index is -0.583. The van der Waals surface area contributed by atoms with Crippen molar-refractivity contribution in [1.29, 1.82) is 0 Å². The summed E-state index contributed by atoms with van der Waals surface area (Å²) in [6.45, 7) is 2.09. The van der Waals surface area contributed by atoms with Gasteiger partial charge in [0.25, 0.3) is 5.91 Å². The van der Waals surface area contributed by atoms with Crippen LogP contribution in [0.25, 0.3) is 11.0 Å². The van der Waals surface area contributed by atoms with Gasteiger partial charge >= 0.3 is 0 Å². The zero-order chi connectivity index (χ0) is 17.1. The van der Waals surface area contributed by atoms with Crippen LogP contribution in [0.5, 0.6) is 5.75 Å². The quantitative estimate of drug-likeness (QED) is 0.729. The Balaban J connectivity index is 1.61.